The van der Waals surface area contributed by atoms with Gasteiger partial charge >= 0.3 is 0 Å². The van der Waals surface area contributed by atoms with E-state index in [2.05, 4.69) is 152 Å². The van der Waals surface area contributed by atoms with E-state index in [1.54, 1.807) is 0 Å². The first-order chi connectivity index (χ1) is 21.8. The molecule has 44 heavy (non-hydrogen) atoms. The zero-order valence-corrected chi connectivity index (χ0v) is 25.3. The van der Waals surface area contributed by atoms with Crippen LogP contribution in [0.1, 0.15) is 0 Å². The van der Waals surface area contributed by atoms with E-state index in [1.807, 2.05) is 23.5 Å². The summed E-state index contributed by atoms with van der Waals surface area (Å²) in [6.45, 7) is 0. The van der Waals surface area contributed by atoms with Crippen LogP contribution >= 0.6 is 23.5 Å². The average molecular weight is 596 g/mol. The Morgan fingerprint density at radius 2 is 0.909 bits per heavy atom. The highest BCUT2D eigenvalue weighted by Gasteiger charge is 2.21. The third-order valence-electron chi connectivity index (χ3n) is 8.52. The molecule has 0 saturated heterocycles. The number of hydrogen-bond acceptors (Lipinski definition) is 3. The summed E-state index contributed by atoms with van der Waals surface area (Å²) in [6, 6.07) is 54.8. The summed E-state index contributed by atoms with van der Waals surface area (Å²) in [5, 5.41) is 7.62. The molecule has 0 N–H and O–H groups in total. The Morgan fingerprint density at radius 1 is 0.341 bits per heavy atom. The molecule has 9 rings (SSSR count). The standard InChI is InChI=1S/C41H25NS2/c1-2-10-26(11-3-1)27-20-22-31-32-23-21-28(25-35(32)30-13-5-4-12-29(30)34(31)24-27)36-15-9-16-37(42-36)33-14-8-19-40-41(33)44-39-18-7-6-17-38(39)43-40/h1-25H. The van der Waals surface area contributed by atoms with Crippen molar-refractivity contribution < 1.29 is 0 Å². The lowest BCUT2D eigenvalue weighted by Crippen LogP contribution is -1.94. The largest absolute Gasteiger partial charge is 0.248 e. The SMILES string of the molecule is c1ccc(-c2ccc3c4ccc(-c5cccc(-c6cccc7c6Sc6ccccc6S7)n5)cc4c4ccccc4c3c2)cc1. The van der Waals surface area contributed by atoms with Gasteiger partial charge in [-0.25, -0.2) is 4.98 Å². The molecule has 0 saturated carbocycles. The molecule has 3 heteroatoms. The fraction of sp³-hybridized carbons (Fsp3) is 0. The minimum atomic E-state index is 0.986. The topological polar surface area (TPSA) is 12.9 Å². The van der Waals surface area contributed by atoms with Gasteiger partial charge in [0.2, 0.25) is 0 Å². The Balaban J connectivity index is 1.18. The van der Waals surface area contributed by atoms with Crippen LogP contribution < -0.4 is 0 Å². The number of nitrogens with zero attached hydrogens (tertiary/aromatic N) is 1. The highest BCUT2D eigenvalue weighted by Crippen LogP contribution is 2.51. The molecule has 0 spiro atoms. The molecule has 0 amide bonds. The zero-order valence-electron chi connectivity index (χ0n) is 23.7. The van der Waals surface area contributed by atoms with Crippen LogP contribution in [0.4, 0.5) is 0 Å². The first-order valence-corrected chi connectivity index (χ1v) is 16.4. The second-order valence-electron chi connectivity index (χ2n) is 11.1. The van der Waals surface area contributed by atoms with Gasteiger partial charge in [-0.15, -0.1) is 0 Å². The van der Waals surface area contributed by atoms with Crippen LogP contribution in [0.2, 0.25) is 0 Å². The third kappa shape index (κ3) is 4.23. The fourth-order valence-corrected chi connectivity index (χ4v) is 8.81. The van der Waals surface area contributed by atoms with E-state index in [1.165, 1.54) is 68.6 Å². The molecule has 8 aromatic rings. The van der Waals surface area contributed by atoms with E-state index in [0.29, 0.717) is 0 Å². The Bertz CT molecular complexity index is 2370. The number of aromatic nitrogens is 1. The predicted octanol–water partition coefficient (Wildman–Crippen LogP) is 12.2. The number of pyridine rings is 1. The molecule has 1 aromatic heterocycles. The van der Waals surface area contributed by atoms with Crippen LogP contribution in [-0.4, -0.2) is 4.98 Å². The van der Waals surface area contributed by atoms with E-state index in [9.17, 15) is 0 Å². The Morgan fingerprint density at radius 3 is 1.68 bits per heavy atom. The van der Waals surface area contributed by atoms with Crippen molar-refractivity contribution in [2.45, 2.75) is 19.6 Å². The average Bonchev–Trinajstić information content (AvgIpc) is 3.10. The van der Waals surface area contributed by atoms with Gasteiger partial charge in [-0.3, -0.25) is 0 Å². The summed E-state index contributed by atoms with van der Waals surface area (Å²) in [7, 11) is 0. The summed E-state index contributed by atoms with van der Waals surface area (Å²) in [4.78, 5) is 10.4. The molecule has 1 aliphatic rings. The van der Waals surface area contributed by atoms with Gasteiger partial charge in [-0.1, -0.05) is 133 Å². The Kier molecular flexibility index (Phi) is 6.07. The molecule has 0 radical (unpaired) electrons. The molecule has 0 bridgehead atoms. The van der Waals surface area contributed by atoms with Gasteiger partial charge in [0.05, 0.1) is 11.4 Å². The maximum atomic E-state index is 5.25. The van der Waals surface area contributed by atoms with Crippen molar-refractivity contribution in [1.82, 2.24) is 4.98 Å². The van der Waals surface area contributed by atoms with Gasteiger partial charge in [0.15, 0.2) is 0 Å². The zero-order chi connectivity index (χ0) is 29.0. The minimum Gasteiger partial charge on any atom is -0.248 e. The lowest BCUT2D eigenvalue weighted by molar-refractivity contribution is 1.15. The molecule has 2 heterocycles. The van der Waals surface area contributed by atoms with Crippen molar-refractivity contribution in [2.24, 2.45) is 0 Å². The molecule has 1 nitrogen and oxygen atoms in total. The Labute approximate surface area is 264 Å². The van der Waals surface area contributed by atoms with Crippen LogP contribution in [0.25, 0.3) is 66.0 Å². The molecule has 0 unspecified atom stereocenters. The normalized spacial score (nSPS) is 12.4. The van der Waals surface area contributed by atoms with Crippen LogP contribution in [0.15, 0.2) is 171 Å². The van der Waals surface area contributed by atoms with Crippen molar-refractivity contribution in [2.75, 3.05) is 0 Å². The summed E-state index contributed by atoms with van der Waals surface area (Å²) in [6.07, 6.45) is 0. The van der Waals surface area contributed by atoms with Crippen LogP contribution in [-0.2, 0) is 0 Å². The van der Waals surface area contributed by atoms with Crippen LogP contribution in [0.3, 0.4) is 0 Å². The minimum absolute atomic E-state index is 0.986. The Hall–Kier alpha value is -4.83. The van der Waals surface area contributed by atoms with Crippen LogP contribution in [0.5, 0.6) is 0 Å². The summed E-state index contributed by atoms with van der Waals surface area (Å²) in [5.41, 5.74) is 6.78. The van der Waals surface area contributed by atoms with Gasteiger partial charge in [0.1, 0.15) is 0 Å². The van der Waals surface area contributed by atoms with Gasteiger partial charge in [-0.2, -0.15) is 0 Å². The molecule has 7 aromatic carbocycles. The molecule has 0 atom stereocenters. The summed E-state index contributed by atoms with van der Waals surface area (Å²) < 4.78 is 0. The lowest BCUT2D eigenvalue weighted by atomic mass is 9.91. The maximum Gasteiger partial charge on any atom is 0.0721 e. The lowest BCUT2D eigenvalue weighted by Gasteiger charge is -2.20. The van der Waals surface area contributed by atoms with Gasteiger partial charge < -0.3 is 0 Å². The van der Waals surface area contributed by atoms with Crippen molar-refractivity contribution in [3.63, 3.8) is 0 Å². The van der Waals surface area contributed by atoms with E-state index < -0.39 is 0 Å². The first-order valence-electron chi connectivity index (χ1n) is 14.8. The second kappa shape index (κ2) is 10.4. The maximum absolute atomic E-state index is 5.25. The monoisotopic (exact) mass is 595 g/mol. The first kappa shape index (κ1) is 25.6. The second-order valence-corrected chi connectivity index (χ2v) is 13.3. The number of benzene rings is 7. The molecule has 0 aliphatic carbocycles. The molecular formula is C41H25NS2. The predicted molar refractivity (Wildman–Crippen MR) is 188 cm³/mol. The van der Waals surface area contributed by atoms with E-state index in [-0.39, 0.29) is 0 Å². The molecule has 1 aliphatic heterocycles. The quantitative estimate of drug-likeness (QED) is 0.189. The van der Waals surface area contributed by atoms with Gasteiger partial charge in [0, 0.05) is 30.7 Å². The molecule has 0 fully saturated rings. The van der Waals surface area contributed by atoms with Crippen molar-refractivity contribution in [1.29, 1.82) is 0 Å². The van der Waals surface area contributed by atoms with E-state index >= 15 is 0 Å². The fourth-order valence-electron chi connectivity index (χ4n) is 6.42. The smallest absolute Gasteiger partial charge is 0.0721 e. The molecular weight excluding hydrogens is 571 g/mol. The number of hydrogen-bond donors (Lipinski definition) is 0. The van der Waals surface area contributed by atoms with Gasteiger partial charge in [0.25, 0.3) is 0 Å². The third-order valence-corrected chi connectivity index (χ3v) is 11.1. The highest BCUT2D eigenvalue weighted by molar-refractivity contribution is 8.05. The van der Waals surface area contributed by atoms with Gasteiger partial charge in [-0.05, 0) is 85.9 Å². The molecule has 206 valence electrons. The van der Waals surface area contributed by atoms with Crippen molar-refractivity contribution >= 4 is 55.8 Å². The number of rotatable bonds is 3. The van der Waals surface area contributed by atoms with E-state index in [4.69, 9.17) is 4.98 Å². The van der Waals surface area contributed by atoms with Crippen LogP contribution in [0, 0.1) is 0 Å². The summed E-state index contributed by atoms with van der Waals surface area (Å²) in [5.74, 6) is 0. The van der Waals surface area contributed by atoms with Crippen molar-refractivity contribution in [3.8, 4) is 33.6 Å². The van der Waals surface area contributed by atoms with Crippen molar-refractivity contribution in [3.05, 3.63) is 152 Å². The highest BCUT2D eigenvalue weighted by atomic mass is 32.2. The van der Waals surface area contributed by atoms with E-state index in [0.717, 1.165) is 17.0 Å². The summed E-state index contributed by atoms with van der Waals surface area (Å²) >= 11 is 3.69. The number of fused-ring (bicyclic) bond motifs is 8.